The molecular weight excluding hydrogens is 272 g/mol. The molecule has 0 saturated carbocycles. The molecule has 2 rings (SSSR count). The molecule has 108 valence electrons. The lowest BCUT2D eigenvalue weighted by molar-refractivity contribution is 0.0689. The van der Waals surface area contributed by atoms with Crippen LogP contribution in [0.3, 0.4) is 0 Å². The summed E-state index contributed by atoms with van der Waals surface area (Å²) in [7, 11) is 0. The summed E-state index contributed by atoms with van der Waals surface area (Å²) in [4.78, 5) is 27.1. The smallest absolute Gasteiger partial charge is 0.338 e. The standard InChI is InChI=1S/C15H14N2O4/c18-9-12(10-5-2-1-3-6-10)17-14(19)13-11(15(20)21)7-4-8-16-13/h1-8,12,18H,9H2,(H,17,19)(H,20,21)/t12-/m0/s1. The molecule has 0 spiro atoms. The molecule has 0 fully saturated rings. The number of rotatable bonds is 5. The third kappa shape index (κ3) is 3.43. The first-order valence-corrected chi connectivity index (χ1v) is 6.28. The van der Waals surface area contributed by atoms with E-state index in [0.717, 1.165) is 5.56 Å². The molecule has 21 heavy (non-hydrogen) atoms. The monoisotopic (exact) mass is 286 g/mol. The third-order valence-electron chi connectivity index (χ3n) is 2.94. The van der Waals surface area contributed by atoms with E-state index >= 15 is 0 Å². The van der Waals surface area contributed by atoms with Crippen molar-refractivity contribution in [1.82, 2.24) is 10.3 Å². The molecule has 1 aromatic heterocycles. The van der Waals surface area contributed by atoms with Crippen molar-refractivity contribution in [2.75, 3.05) is 6.61 Å². The molecule has 2 aromatic rings. The second-order valence-electron chi connectivity index (χ2n) is 4.32. The van der Waals surface area contributed by atoms with E-state index in [2.05, 4.69) is 10.3 Å². The first-order valence-electron chi connectivity index (χ1n) is 6.28. The summed E-state index contributed by atoms with van der Waals surface area (Å²) < 4.78 is 0. The first-order chi connectivity index (χ1) is 10.1. The molecule has 1 heterocycles. The number of carbonyl (C=O) groups is 2. The number of hydrogen-bond donors (Lipinski definition) is 3. The summed E-state index contributed by atoms with van der Waals surface area (Å²) >= 11 is 0. The van der Waals surface area contributed by atoms with Crippen molar-refractivity contribution < 1.29 is 19.8 Å². The SMILES string of the molecule is O=C(O)c1cccnc1C(=O)N[C@@H](CO)c1ccccc1. The summed E-state index contributed by atoms with van der Waals surface area (Å²) in [6.45, 7) is -0.301. The Hall–Kier alpha value is -2.73. The summed E-state index contributed by atoms with van der Waals surface area (Å²) in [5, 5.41) is 21.0. The van der Waals surface area contributed by atoms with E-state index < -0.39 is 17.9 Å². The second kappa shape index (κ2) is 6.62. The lowest BCUT2D eigenvalue weighted by Gasteiger charge is -2.16. The highest BCUT2D eigenvalue weighted by Crippen LogP contribution is 2.13. The van der Waals surface area contributed by atoms with Crippen LogP contribution in [-0.4, -0.2) is 33.7 Å². The van der Waals surface area contributed by atoms with Crippen LogP contribution in [0.2, 0.25) is 0 Å². The van der Waals surface area contributed by atoms with Gasteiger partial charge in [-0.2, -0.15) is 0 Å². The molecule has 1 atom stereocenters. The molecule has 3 N–H and O–H groups in total. The summed E-state index contributed by atoms with van der Waals surface area (Å²) in [6, 6.07) is 11.0. The van der Waals surface area contributed by atoms with Crippen molar-refractivity contribution in [2.24, 2.45) is 0 Å². The Morgan fingerprint density at radius 1 is 1.14 bits per heavy atom. The predicted octanol–water partition coefficient (Wildman–Crippen LogP) is 1.24. The minimum absolute atomic E-state index is 0.181. The zero-order valence-electron chi connectivity index (χ0n) is 11.1. The maximum absolute atomic E-state index is 12.2. The molecule has 0 aliphatic heterocycles. The molecule has 1 amide bonds. The van der Waals surface area contributed by atoms with Gasteiger partial charge in [0.25, 0.3) is 5.91 Å². The molecule has 0 bridgehead atoms. The van der Waals surface area contributed by atoms with E-state index in [1.54, 1.807) is 24.3 Å². The number of carboxylic acid groups (broad SMARTS) is 1. The van der Waals surface area contributed by atoms with Gasteiger partial charge in [-0.25, -0.2) is 4.79 Å². The van der Waals surface area contributed by atoms with Crippen molar-refractivity contribution in [3.05, 3.63) is 65.5 Å². The Balaban J connectivity index is 2.23. The van der Waals surface area contributed by atoms with E-state index in [0.29, 0.717) is 0 Å². The van der Waals surface area contributed by atoms with E-state index in [1.165, 1.54) is 18.3 Å². The fraction of sp³-hybridized carbons (Fsp3) is 0.133. The maximum atomic E-state index is 12.2. The van der Waals surface area contributed by atoms with Gasteiger partial charge in [-0.3, -0.25) is 9.78 Å². The van der Waals surface area contributed by atoms with Crippen molar-refractivity contribution in [3.8, 4) is 0 Å². The number of benzene rings is 1. The van der Waals surface area contributed by atoms with Gasteiger partial charge in [-0.1, -0.05) is 30.3 Å². The largest absolute Gasteiger partial charge is 0.478 e. The van der Waals surface area contributed by atoms with Gasteiger partial charge in [0, 0.05) is 6.20 Å². The van der Waals surface area contributed by atoms with Gasteiger partial charge < -0.3 is 15.5 Å². The van der Waals surface area contributed by atoms with Crippen LogP contribution in [0.4, 0.5) is 0 Å². The van der Waals surface area contributed by atoms with Crippen LogP contribution in [0.5, 0.6) is 0 Å². The van der Waals surface area contributed by atoms with Gasteiger partial charge in [0.15, 0.2) is 0 Å². The number of amides is 1. The van der Waals surface area contributed by atoms with Gasteiger partial charge in [0.1, 0.15) is 5.69 Å². The normalized spacial score (nSPS) is 11.7. The maximum Gasteiger partial charge on any atom is 0.338 e. The fourth-order valence-corrected chi connectivity index (χ4v) is 1.91. The van der Waals surface area contributed by atoms with Crippen LogP contribution in [-0.2, 0) is 0 Å². The molecule has 1 aromatic carbocycles. The number of carboxylic acids is 1. The minimum atomic E-state index is -1.23. The number of carbonyl (C=O) groups excluding carboxylic acids is 1. The van der Waals surface area contributed by atoms with Crippen LogP contribution in [0.25, 0.3) is 0 Å². The molecular formula is C15H14N2O4. The lowest BCUT2D eigenvalue weighted by atomic mass is 10.1. The van der Waals surface area contributed by atoms with Crippen molar-refractivity contribution in [3.63, 3.8) is 0 Å². The molecule has 0 unspecified atom stereocenters. The number of nitrogens with one attached hydrogen (secondary N) is 1. The highest BCUT2D eigenvalue weighted by molar-refractivity contribution is 6.03. The molecule has 6 nitrogen and oxygen atoms in total. The zero-order valence-corrected chi connectivity index (χ0v) is 11.1. The highest BCUT2D eigenvalue weighted by atomic mass is 16.4. The van der Waals surface area contributed by atoms with Gasteiger partial charge in [0.05, 0.1) is 18.2 Å². The Labute approximate surface area is 121 Å². The van der Waals surface area contributed by atoms with Crippen LogP contribution in [0.1, 0.15) is 32.5 Å². The number of aromatic nitrogens is 1. The first kappa shape index (κ1) is 14.7. The number of pyridine rings is 1. The predicted molar refractivity (Wildman–Crippen MR) is 74.9 cm³/mol. The van der Waals surface area contributed by atoms with Crippen LogP contribution < -0.4 is 5.32 Å². The van der Waals surface area contributed by atoms with Gasteiger partial charge in [0.2, 0.25) is 0 Å². The van der Waals surface area contributed by atoms with E-state index in [1.807, 2.05) is 6.07 Å². The average Bonchev–Trinajstić information content (AvgIpc) is 2.53. The Kier molecular flexibility index (Phi) is 4.63. The number of aliphatic hydroxyl groups is 1. The molecule has 0 saturated heterocycles. The lowest BCUT2D eigenvalue weighted by Crippen LogP contribution is -2.32. The summed E-state index contributed by atoms with van der Waals surface area (Å²) in [5.74, 6) is -1.87. The Morgan fingerprint density at radius 3 is 2.48 bits per heavy atom. The molecule has 0 aliphatic rings. The van der Waals surface area contributed by atoms with Gasteiger partial charge in [-0.15, -0.1) is 0 Å². The average molecular weight is 286 g/mol. The van der Waals surface area contributed by atoms with Crippen LogP contribution >= 0.6 is 0 Å². The quantitative estimate of drug-likeness (QED) is 0.768. The second-order valence-corrected chi connectivity index (χ2v) is 4.32. The molecule has 0 radical (unpaired) electrons. The van der Waals surface area contributed by atoms with Crippen LogP contribution in [0, 0.1) is 0 Å². The van der Waals surface area contributed by atoms with E-state index in [4.69, 9.17) is 5.11 Å². The minimum Gasteiger partial charge on any atom is -0.478 e. The van der Waals surface area contributed by atoms with Gasteiger partial charge in [-0.05, 0) is 17.7 Å². The van der Waals surface area contributed by atoms with Crippen molar-refractivity contribution >= 4 is 11.9 Å². The molecule has 6 heteroatoms. The topological polar surface area (TPSA) is 99.5 Å². The number of aliphatic hydroxyl groups excluding tert-OH is 1. The number of nitrogens with zero attached hydrogens (tertiary/aromatic N) is 1. The zero-order chi connectivity index (χ0) is 15.2. The number of aromatic carboxylic acids is 1. The van der Waals surface area contributed by atoms with Crippen molar-refractivity contribution in [2.45, 2.75) is 6.04 Å². The summed E-state index contributed by atoms with van der Waals surface area (Å²) in [5.41, 5.74) is 0.361. The fourth-order valence-electron chi connectivity index (χ4n) is 1.91. The van der Waals surface area contributed by atoms with Crippen molar-refractivity contribution in [1.29, 1.82) is 0 Å². The summed E-state index contributed by atoms with van der Waals surface area (Å²) in [6.07, 6.45) is 1.35. The van der Waals surface area contributed by atoms with E-state index in [9.17, 15) is 14.7 Å². The Bertz CT molecular complexity index is 643. The van der Waals surface area contributed by atoms with E-state index in [-0.39, 0.29) is 17.9 Å². The third-order valence-corrected chi connectivity index (χ3v) is 2.94. The number of hydrogen-bond acceptors (Lipinski definition) is 4. The Morgan fingerprint density at radius 2 is 1.86 bits per heavy atom. The highest BCUT2D eigenvalue weighted by Gasteiger charge is 2.20. The van der Waals surface area contributed by atoms with Crippen LogP contribution in [0.15, 0.2) is 48.7 Å². The van der Waals surface area contributed by atoms with Gasteiger partial charge >= 0.3 is 5.97 Å². The molecule has 0 aliphatic carbocycles.